The van der Waals surface area contributed by atoms with E-state index in [1.54, 1.807) is 0 Å². The molecule has 1 rings (SSSR count). The van der Waals surface area contributed by atoms with E-state index in [0.29, 0.717) is 0 Å². The Kier molecular flexibility index (Phi) is 2.60. The van der Waals surface area contributed by atoms with Gasteiger partial charge in [-0.1, -0.05) is 6.07 Å². The molecule has 2 nitrogen and oxygen atoms in total. The SMILES string of the molecule is Oc1cccc(SC(F)(F)F)c1O. The van der Waals surface area contributed by atoms with Crippen molar-refractivity contribution >= 4 is 11.8 Å². The van der Waals surface area contributed by atoms with Crippen LogP contribution in [0, 0.1) is 0 Å². The monoisotopic (exact) mass is 210 g/mol. The van der Waals surface area contributed by atoms with Crippen molar-refractivity contribution < 1.29 is 23.4 Å². The summed E-state index contributed by atoms with van der Waals surface area (Å²) in [5, 5.41) is 17.9. The van der Waals surface area contributed by atoms with Crippen LogP contribution in [-0.2, 0) is 0 Å². The van der Waals surface area contributed by atoms with E-state index in [1.165, 1.54) is 6.07 Å². The van der Waals surface area contributed by atoms with Crippen molar-refractivity contribution in [2.45, 2.75) is 10.4 Å². The quantitative estimate of drug-likeness (QED) is 0.553. The van der Waals surface area contributed by atoms with Gasteiger partial charge in [0.05, 0.1) is 4.90 Å². The van der Waals surface area contributed by atoms with Crippen LogP contribution >= 0.6 is 11.8 Å². The van der Waals surface area contributed by atoms with Crippen molar-refractivity contribution in [2.75, 3.05) is 0 Å². The summed E-state index contributed by atoms with van der Waals surface area (Å²) in [6, 6.07) is 3.41. The molecule has 13 heavy (non-hydrogen) atoms. The van der Waals surface area contributed by atoms with Crippen molar-refractivity contribution in [2.24, 2.45) is 0 Å². The van der Waals surface area contributed by atoms with E-state index in [9.17, 15) is 13.2 Å². The van der Waals surface area contributed by atoms with Crippen LogP contribution in [-0.4, -0.2) is 15.7 Å². The number of halogens is 3. The van der Waals surface area contributed by atoms with Gasteiger partial charge in [-0.05, 0) is 23.9 Å². The molecule has 1 aromatic rings. The molecule has 0 unspecified atom stereocenters. The van der Waals surface area contributed by atoms with Crippen molar-refractivity contribution in [1.29, 1.82) is 0 Å². The van der Waals surface area contributed by atoms with Gasteiger partial charge in [0, 0.05) is 0 Å². The number of hydrogen-bond donors (Lipinski definition) is 2. The van der Waals surface area contributed by atoms with E-state index >= 15 is 0 Å². The minimum atomic E-state index is -4.47. The third-order valence-corrected chi connectivity index (χ3v) is 1.98. The lowest BCUT2D eigenvalue weighted by Crippen LogP contribution is -1.98. The predicted molar refractivity (Wildman–Crippen MR) is 41.7 cm³/mol. The summed E-state index contributed by atoms with van der Waals surface area (Å²) in [4.78, 5) is -0.410. The molecular weight excluding hydrogens is 205 g/mol. The van der Waals surface area contributed by atoms with Crippen LogP contribution < -0.4 is 0 Å². The Morgan fingerprint density at radius 1 is 1.15 bits per heavy atom. The maximum absolute atomic E-state index is 11.8. The maximum atomic E-state index is 11.8. The van der Waals surface area contributed by atoms with Gasteiger partial charge in [-0.2, -0.15) is 13.2 Å². The van der Waals surface area contributed by atoms with Gasteiger partial charge in [0.25, 0.3) is 0 Å². The molecule has 0 aliphatic carbocycles. The highest BCUT2D eigenvalue weighted by molar-refractivity contribution is 8.00. The number of para-hydroxylation sites is 1. The highest BCUT2D eigenvalue weighted by Gasteiger charge is 2.30. The predicted octanol–water partition coefficient (Wildman–Crippen LogP) is 2.71. The van der Waals surface area contributed by atoms with Crippen LogP contribution in [0.15, 0.2) is 23.1 Å². The summed E-state index contributed by atoms with van der Waals surface area (Å²) in [5.74, 6) is -1.31. The van der Waals surface area contributed by atoms with Crippen molar-refractivity contribution in [3.05, 3.63) is 18.2 Å². The highest BCUT2D eigenvalue weighted by Crippen LogP contribution is 2.43. The molecule has 0 saturated carbocycles. The number of aromatic hydroxyl groups is 2. The smallest absolute Gasteiger partial charge is 0.446 e. The van der Waals surface area contributed by atoms with Gasteiger partial charge in [-0.3, -0.25) is 0 Å². The first-order valence-corrected chi connectivity index (χ1v) is 3.98. The van der Waals surface area contributed by atoms with Gasteiger partial charge in [0.15, 0.2) is 11.5 Å². The molecule has 0 atom stereocenters. The molecule has 2 N–H and O–H groups in total. The minimum Gasteiger partial charge on any atom is -0.504 e. The minimum absolute atomic E-state index is 0.410. The second-order valence-corrected chi connectivity index (χ2v) is 3.28. The third kappa shape index (κ3) is 2.73. The number of thioether (sulfide) groups is 1. The summed E-state index contributed by atoms with van der Waals surface area (Å²) >= 11 is -0.468. The second-order valence-electron chi connectivity index (χ2n) is 2.17. The van der Waals surface area contributed by atoms with Gasteiger partial charge in [-0.25, -0.2) is 0 Å². The van der Waals surface area contributed by atoms with Crippen LogP contribution in [0.4, 0.5) is 13.2 Å². The Bertz CT molecular complexity index is 311. The molecule has 0 aliphatic rings. The van der Waals surface area contributed by atoms with Crippen molar-refractivity contribution in [3.63, 3.8) is 0 Å². The fourth-order valence-corrected chi connectivity index (χ4v) is 1.31. The van der Waals surface area contributed by atoms with Crippen LogP contribution in [0.1, 0.15) is 0 Å². The largest absolute Gasteiger partial charge is 0.504 e. The zero-order chi connectivity index (χ0) is 10.1. The average molecular weight is 210 g/mol. The molecule has 0 spiro atoms. The van der Waals surface area contributed by atoms with Gasteiger partial charge >= 0.3 is 5.51 Å². The first-order chi connectivity index (χ1) is 5.90. The number of benzene rings is 1. The molecular formula is C7H5F3O2S. The summed E-state index contributed by atoms with van der Waals surface area (Å²) in [6.45, 7) is 0. The molecule has 0 aliphatic heterocycles. The first-order valence-electron chi connectivity index (χ1n) is 3.17. The molecule has 0 fully saturated rings. The Hall–Kier alpha value is -1.04. The van der Waals surface area contributed by atoms with Crippen LogP contribution in [0.25, 0.3) is 0 Å². The average Bonchev–Trinajstić information content (AvgIpc) is 1.96. The third-order valence-electron chi connectivity index (χ3n) is 1.20. The van der Waals surface area contributed by atoms with Gasteiger partial charge < -0.3 is 10.2 Å². The zero-order valence-electron chi connectivity index (χ0n) is 6.17. The summed E-state index contributed by atoms with van der Waals surface area (Å²) in [6.07, 6.45) is 0. The lowest BCUT2D eigenvalue weighted by molar-refractivity contribution is -0.0329. The summed E-state index contributed by atoms with van der Waals surface area (Å²) < 4.78 is 35.5. The molecule has 6 heteroatoms. The number of alkyl halides is 3. The fraction of sp³-hybridized carbons (Fsp3) is 0.143. The van der Waals surface area contributed by atoms with Crippen LogP contribution in [0.3, 0.4) is 0 Å². The van der Waals surface area contributed by atoms with Crippen molar-refractivity contribution in [1.82, 2.24) is 0 Å². The molecule has 0 radical (unpaired) electrons. The van der Waals surface area contributed by atoms with E-state index < -0.39 is 33.7 Å². The Balaban J connectivity index is 2.96. The summed E-state index contributed by atoms with van der Waals surface area (Å²) in [7, 11) is 0. The normalized spacial score (nSPS) is 11.6. The summed E-state index contributed by atoms with van der Waals surface area (Å²) in [5.41, 5.74) is -4.47. The molecule has 0 amide bonds. The van der Waals surface area contributed by atoms with E-state index in [2.05, 4.69) is 0 Å². The van der Waals surface area contributed by atoms with Gasteiger partial charge in [0.2, 0.25) is 0 Å². The van der Waals surface area contributed by atoms with Gasteiger partial charge in [-0.15, -0.1) is 0 Å². The van der Waals surface area contributed by atoms with E-state index in [-0.39, 0.29) is 0 Å². The Labute approximate surface area is 76.0 Å². The standard InChI is InChI=1S/C7H5F3O2S/c8-7(9,10)13-5-3-1-2-4(11)6(5)12/h1-3,11-12H. The molecule has 0 saturated heterocycles. The number of hydrogen-bond acceptors (Lipinski definition) is 3. The first kappa shape index (κ1) is 10.0. The fourth-order valence-electron chi connectivity index (χ4n) is 0.718. The topological polar surface area (TPSA) is 40.5 Å². The van der Waals surface area contributed by atoms with E-state index in [1.807, 2.05) is 0 Å². The molecule has 72 valence electrons. The Morgan fingerprint density at radius 3 is 2.31 bits per heavy atom. The highest BCUT2D eigenvalue weighted by atomic mass is 32.2. The van der Waals surface area contributed by atoms with Crippen molar-refractivity contribution in [3.8, 4) is 11.5 Å². The van der Waals surface area contributed by atoms with Crippen LogP contribution in [0.5, 0.6) is 11.5 Å². The molecule has 0 aromatic heterocycles. The molecule has 1 aromatic carbocycles. The maximum Gasteiger partial charge on any atom is 0.446 e. The molecule has 0 heterocycles. The number of rotatable bonds is 1. The second kappa shape index (κ2) is 3.37. The number of phenolic OH excluding ortho intramolecular Hbond substituents is 2. The van der Waals surface area contributed by atoms with Crippen LogP contribution in [0.2, 0.25) is 0 Å². The van der Waals surface area contributed by atoms with E-state index in [0.717, 1.165) is 12.1 Å². The number of phenols is 2. The van der Waals surface area contributed by atoms with E-state index in [4.69, 9.17) is 10.2 Å². The Morgan fingerprint density at radius 2 is 1.77 bits per heavy atom. The lowest BCUT2D eigenvalue weighted by atomic mass is 10.3. The molecule has 0 bridgehead atoms. The van der Waals surface area contributed by atoms with Gasteiger partial charge in [0.1, 0.15) is 0 Å². The zero-order valence-corrected chi connectivity index (χ0v) is 6.99. The lowest BCUT2D eigenvalue weighted by Gasteiger charge is -2.07.